The molecule has 1 fully saturated rings. The zero-order valence-electron chi connectivity index (χ0n) is 8.37. The number of nitrogens with two attached hydrogens (primary N) is 1. The van der Waals surface area contributed by atoms with Gasteiger partial charge < -0.3 is 16.0 Å². The fourth-order valence-corrected chi connectivity index (χ4v) is 2.08. The van der Waals surface area contributed by atoms with E-state index in [0.717, 1.165) is 18.4 Å². The van der Waals surface area contributed by atoms with Crippen LogP contribution in [0.1, 0.15) is 25.7 Å². The van der Waals surface area contributed by atoms with Crippen LogP contribution in [0.5, 0.6) is 0 Å². The maximum absolute atomic E-state index is 5.65. The molecule has 0 atom stereocenters. The highest BCUT2D eigenvalue weighted by Gasteiger charge is 2.20. The van der Waals surface area contributed by atoms with Gasteiger partial charge in [0.15, 0.2) is 5.95 Å². The molecule has 0 aliphatic heterocycles. The Balaban J connectivity index is 1.79. The first kappa shape index (κ1) is 9.52. The van der Waals surface area contributed by atoms with Crippen LogP contribution in [-0.4, -0.2) is 22.6 Å². The SMILES string of the molecule is NCC1CCC(Nc2ncc[nH]2)CC1. The van der Waals surface area contributed by atoms with Crippen molar-refractivity contribution in [2.24, 2.45) is 11.7 Å². The Hall–Kier alpha value is -1.03. The van der Waals surface area contributed by atoms with Crippen LogP contribution >= 0.6 is 0 Å². The van der Waals surface area contributed by atoms with E-state index in [-0.39, 0.29) is 0 Å². The average Bonchev–Trinajstić information content (AvgIpc) is 2.72. The first-order valence-electron chi connectivity index (χ1n) is 5.34. The molecule has 1 aromatic heterocycles. The summed E-state index contributed by atoms with van der Waals surface area (Å²) in [5.74, 6) is 1.63. The highest BCUT2D eigenvalue weighted by atomic mass is 15.1. The number of aromatic amines is 1. The molecule has 0 radical (unpaired) electrons. The van der Waals surface area contributed by atoms with Crippen LogP contribution in [0.2, 0.25) is 0 Å². The molecule has 4 heteroatoms. The Morgan fingerprint density at radius 3 is 2.79 bits per heavy atom. The average molecular weight is 194 g/mol. The normalized spacial score (nSPS) is 27.5. The zero-order chi connectivity index (χ0) is 9.80. The van der Waals surface area contributed by atoms with Gasteiger partial charge in [-0.3, -0.25) is 0 Å². The van der Waals surface area contributed by atoms with Crippen LogP contribution in [0.4, 0.5) is 5.95 Å². The molecule has 4 N–H and O–H groups in total. The summed E-state index contributed by atoms with van der Waals surface area (Å²) in [7, 11) is 0. The Kier molecular flexibility index (Phi) is 3.03. The smallest absolute Gasteiger partial charge is 0.200 e. The van der Waals surface area contributed by atoms with E-state index < -0.39 is 0 Å². The second kappa shape index (κ2) is 4.46. The van der Waals surface area contributed by atoms with Gasteiger partial charge in [-0.05, 0) is 38.1 Å². The number of anilines is 1. The number of hydrogen-bond acceptors (Lipinski definition) is 3. The van der Waals surface area contributed by atoms with E-state index in [1.165, 1.54) is 25.7 Å². The summed E-state index contributed by atoms with van der Waals surface area (Å²) < 4.78 is 0. The van der Waals surface area contributed by atoms with Crippen molar-refractivity contribution in [1.82, 2.24) is 9.97 Å². The Bertz CT molecular complexity index is 249. The molecular formula is C10H18N4. The number of H-pyrrole nitrogens is 1. The zero-order valence-corrected chi connectivity index (χ0v) is 8.37. The number of aromatic nitrogens is 2. The highest BCUT2D eigenvalue weighted by Crippen LogP contribution is 2.24. The van der Waals surface area contributed by atoms with Crippen molar-refractivity contribution in [3.8, 4) is 0 Å². The lowest BCUT2D eigenvalue weighted by molar-refractivity contribution is 0.344. The number of nitrogens with zero attached hydrogens (tertiary/aromatic N) is 1. The van der Waals surface area contributed by atoms with Crippen molar-refractivity contribution in [1.29, 1.82) is 0 Å². The van der Waals surface area contributed by atoms with Crippen molar-refractivity contribution in [3.63, 3.8) is 0 Å². The molecule has 1 aliphatic carbocycles. The van der Waals surface area contributed by atoms with Crippen LogP contribution in [-0.2, 0) is 0 Å². The molecule has 0 saturated heterocycles. The number of imidazole rings is 1. The molecule has 0 bridgehead atoms. The van der Waals surface area contributed by atoms with Gasteiger partial charge >= 0.3 is 0 Å². The predicted molar refractivity (Wildman–Crippen MR) is 57.0 cm³/mol. The first-order valence-corrected chi connectivity index (χ1v) is 5.34. The second-order valence-corrected chi connectivity index (χ2v) is 4.04. The molecule has 2 rings (SSSR count). The van der Waals surface area contributed by atoms with E-state index >= 15 is 0 Å². The van der Waals surface area contributed by atoms with Crippen LogP contribution in [0, 0.1) is 5.92 Å². The minimum absolute atomic E-state index is 0.573. The summed E-state index contributed by atoms with van der Waals surface area (Å²) in [4.78, 5) is 7.22. The third-order valence-corrected chi connectivity index (χ3v) is 3.02. The Labute approximate surface area is 84.3 Å². The fraction of sp³-hybridized carbons (Fsp3) is 0.700. The number of nitrogens with one attached hydrogen (secondary N) is 2. The second-order valence-electron chi connectivity index (χ2n) is 4.04. The van der Waals surface area contributed by atoms with Crippen molar-refractivity contribution in [2.45, 2.75) is 31.7 Å². The van der Waals surface area contributed by atoms with Gasteiger partial charge in [0.1, 0.15) is 0 Å². The summed E-state index contributed by atoms with van der Waals surface area (Å²) in [5, 5.41) is 3.40. The van der Waals surface area contributed by atoms with Gasteiger partial charge in [-0.15, -0.1) is 0 Å². The topological polar surface area (TPSA) is 66.7 Å². The Morgan fingerprint density at radius 2 is 2.21 bits per heavy atom. The molecule has 14 heavy (non-hydrogen) atoms. The standard InChI is InChI=1S/C10H18N4/c11-7-8-1-3-9(4-2-8)14-10-12-5-6-13-10/h5-6,8-9H,1-4,7,11H2,(H2,12,13,14). The molecule has 0 amide bonds. The highest BCUT2D eigenvalue weighted by molar-refractivity contribution is 5.24. The van der Waals surface area contributed by atoms with Gasteiger partial charge in [0, 0.05) is 18.4 Å². The van der Waals surface area contributed by atoms with Crippen molar-refractivity contribution < 1.29 is 0 Å². The minimum Gasteiger partial charge on any atom is -0.353 e. The van der Waals surface area contributed by atoms with E-state index in [0.29, 0.717) is 6.04 Å². The largest absolute Gasteiger partial charge is 0.353 e. The molecule has 0 unspecified atom stereocenters. The van der Waals surface area contributed by atoms with Gasteiger partial charge in [0.2, 0.25) is 0 Å². The summed E-state index contributed by atoms with van der Waals surface area (Å²) in [6, 6.07) is 0.573. The van der Waals surface area contributed by atoms with Crippen molar-refractivity contribution >= 4 is 5.95 Å². The van der Waals surface area contributed by atoms with Gasteiger partial charge in [-0.1, -0.05) is 0 Å². The number of rotatable bonds is 3. The molecule has 1 saturated carbocycles. The van der Waals surface area contributed by atoms with Crippen LogP contribution in [0.25, 0.3) is 0 Å². The fourth-order valence-electron chi connectivity index (χ4n) is 2.08. The summed E-state index contributed by atoms with van der Waals surface area (Å²) in [6.07, 6.45) is 8.52. The molecule has 4 nitrogen and oxygen atoms in total. The van der Waals surface area contributed by atoms with Gasteiger partial charge in [0.05, 0.1) is 0 Å². The third-order valence-electron chi connectivity index (χ3n) is 3.02. The monoisotopic (exact) mass is 194 g/mol. The van der Waals surface area contributed by atoms with Crippen LogP contribution < -0.4 is 11.1 Å². The van der Waals surface area contributed by atoms with Crippen molar-refractivity contribution in [2.75, 3.05) is 11.9 Å². The lowest BCUT2D eigenvalue weighted by Crippen LogP contribution is -2.29. The molecular weight excluding hydrogens is 176 g/mol. The van der Waals surface area contributed by atoms with Gasteiger partial charge in [-0.25, -0.2) is 4.98 Å². The van der Waals surface area contributed by atoms with Crippen molar-refractivity contribution in [3.05, 3.63) is 12.4 Å². The Morgan fingerprint density at radius 1 is 1.43 bits per heavy atom. The molecule has 0 aromatic carbocycles. The lowest BCUT2D eigenvalue weighted by Gasteiger charge is -2.28. The summed E-state index contributed by atoms with van der Waals surface area (Å²) in [6.45, 7) is 0.841. The summed E-state index contributed by atoms with van der Waals surface area (Å²) in [5.41, 5.74) is 5.65. The molecule has 1 aliphatic rings. The quantitative estimate of drug-likeness (QED) is 0.680. The molecule has 0 spiro atoms. The minimum atomic E-state index is 0.573. The van der Waals surface area contributed by atoms with E-state index in [2.05, 4.69) is 15.3 Å². The van der Waals surface area contributed by atoms with Gasteiger partial charge in [-0.2, -0.15) is 0 Å². The lowest BCUT2D eigenvalue weighted by atomic mass is 9.86. The summed E-state index contributed by atoms with van der Waals surface area (Å²) >= 11 is 0. The van der Waals surface area contributed by atoms with E-state index in [9.17, 15) is 0 Å². The van der Waals surface area contributed by atoms with E-state index in [1.54, 1.807) is 6.20 Å². The van der Waals surface area contributed by atoms with E-state index in [4.69, 9.17) is 5.73 Å². The molecule has 1 heterocycles. The first-order chi connectivity index (χ1) is 6.88. The predicted octanol–water partition coefficient (Wildman–Crippen LogP) is 1.34. The molecule has 78 valence electrons. The van der Waals surface area contributed by atoms with Gasteiger partial charge in [0.25, 0.3) is 0 Å². The van der Waals surface area contributed by atoms with Crippen LogP contribution in [0.15, 0.2) is 12.4 Å². The maximum atomic E-state index is 5.65. The molecule has 1 aromatic rings. The van der Waals surface area contributed by atoms with Crippen LogP contribution in [0.3, 0.4) is 0 Å². The maximum Gasteiger partial charge on any atom is 0.200 e. The van der Waals surface area contributed by atoms with E-state index in [1.807, 2.05) is 6.20 Å². The number of hydrogen-bond donors (Lipinski definition) is 3. The third kappa shape index (κ3) is 2.26.